The number of hydrogen-bond donors (Lipinski definition) is 1. The minimum absolute atomic E-state index is 0.498. The summed E-state index contributed by atoms with van der Waals surface area (Å²) in [6.07, 6.45) is 0. The van der Waals surface area contributed by atoms with E-state index in [2.05, 4.69) is 57.1 Å². The quantitative estimate of drug-likeness (QED) is 0.735. The van der Waals surface area contributed by atoms with Crippen LogP contribution in [0.15, 0.2) is 21.1 Å². The number of hydrogen-bond acceptors (Lipinski definition) is 3. The van der Waals surface area contributed by atoms with Crippen molar-refractivity contribution in [2.45, 2.75) is 26.4 Å². The molecule has 1 unspecified atom stereocenters. The fraction of sp³-hybridized carbons (Fsp3) is 0.538. The summed E-state index contributed by atoms with van der Waals surface area (Å²) in [5.74, 6) is 3.20. The van der Waals surface area contributed by atoms with E-state index in [4.69, 9.17) is 4.74 Å². The van der Waals surface area contributed by atoms with Crippen LogP contribution in [0.4, 0.5) is 0 Å². The largest absolute Gasteiger partial charge is 0.495 e. The van der Waals surface area contributed by atoms with Gasteiger partial charge in [-0.25, -0.2) is 0 Å². The SMILES string of the molecule is CCSCC(C)NCc1cc(Br)cc(Br)c1OC. The molecule has 5 heteroatoms. The highest BCUT2D eigenvalue weighted by Crippen LogP contribution is 2.32. The van der Waals surface area contributed by atoms with Gasteiger partial charge in [0.15, 0.2) is 0 Å². The van der Waals surface area contributed by atoms with Crippen LogP contribution >= 0.6 is 43.6 Å². The number of benzene rings is 1. The van der Waals surface area contributed by atoms with Crippen molar-refractivity contribution in [3.8, 4) is 5.75 Å². The van der Waals surface area contributed by atoms with Crippen LogP contribution in [0.25, 0.3) is 0 Å². The minimum atomic E-state index is 0.498. The molecular formula is C13H19Br2NOS. The number of ether oxygens (including phenoxy) is 1. The predicted molar refractivity (Wildman–Crippen MR) is 87.7 cm³/mol. The highest BCUT2D eigenvalue weighted by molar-refractivity contribution is 9.11. The summed E-state index contributed by atoms with van der Waals surface area (Å²) in [4.78, 5) is 0. The molecule has 2 nitrogen and oxygen atoms in total. The van der Waals surface area contributed by atoms with Gasteiger partial charge < -0.3 is 10.1 Å². The van der Waals surface area contributed by atoms with Crippen LogP contribution in [0.2, 0.25) is 0 Å². The Bertz CT molecular complexity index is 387. The summed E-state index contributed by atoms with van der Waals surface area (Å²) in [7, 11) is 1.70. The van der Waals surface area contributed by atoms with E-state index in [9.17, 15) is 0 Å². The van der Waals surface area contributed by atoms with E-state index in [1.165, 1.54) is 0 Å². The number of rotatable bonds is 7. The Morgan fingerprint density at radius 3 is 2.72 bits per heavy atom. The third-order valence-corrected chi connectivity index (χ3v) is 4.69. The molecule has 0 radical (unpaired) electrons. The molecule has 1 N–H and O–H groups in total. The fourth-order valence-corrected chi connectivity index (χ4v) is 3.79. The normalized spacial score (nSPS) is 12.5. The van der Waals surface area contributed by atoms with Crippen molar-refractivity contribution in [2.24, 2.45) is 0 Å². The number of methoxy groups -OCH3 is 1. The van der Waals surface area contributed by atoms with Crippen molar-refractivity contribution in [1.29, 1.82) is 0 Å². The van der Waals surface area contributed by atoms with Crippen molar-refractivity contribution in [3.05, 3.63) is 26.6 Å². The lowest BCUT2D eigenvalue weighted by Gasteiger charge is -2.16. The maximum Gasteiger partial charge on any atom is 0.137 e. The van der Waals surface area contributed by atoms with E-state index >= 15 is 0 Å². The highest BCUT2D eigenvalue weighted by Gasteiger charge is 2.10. The van der Waals surface area contributed by atoms with Crippen molar-refractivity contribution in [3.63, 3.8) is 0 Å². The third kappa shape index (κ3) is 5.11. The molecule has 0 heterocycles. The van der Waals surface area contributed by atoms with Gasteiger partial charge in [-0.2, -0.15) is 11.8 Å². The van der Waals surface area contributed by atoms with Gasteiger partial charge in [0.05, 0.1) is 11.6 Å². The van der Waals surface area contributed by atoms with E-state index in [1.54, 1.807) is 7.11 Å². The molecule has 1 rings (SSSR count). The maximum absolute atomic E-state index is 5.43. The zero-order valence-corrected chi connectivity index (χ0v) is 14.9. The Morgan fingerprint density at radius 2 is 2.11 bits per heavy atom. The van der Waals surface area contributed by atoms with Gasteiger partial charge in [0.1, 0.15) is 5.75 Å². The van der Waals surface area contributed by atoms with Gasteiger partial charge in [-0.1, -0.05) is 22.9 Å². The molecule has 0 amide bonds. The molecule has 0 fully saturated rings. The first-order chi connectivity index (χ1) is 8.58. The zero-order valence-electron chi connectivity index (χ0n) is 10.9. The van der Waals surface area contributed by atoms with Crippen molar-refractivity contribution in [1.82, 2.24) is 5.32 Å². The molecule has 0 saturated heterocycles. The van der Waals surface area contributed by atoms with Crippen LogP contribution in [0.1, 0.15) is 19.4 Å². The van der Waals surface area contributed by atoms with Crippen LogP contribution < -0.4 is 10.1 Å². The summed E-state index contributed by atoms with van der Waals surface area (Å²) in [5, 5.41) is 3.52. The second kappa shape index (κ2) is 8.46. The highest BCUT2D eigenvalue weighted by atomic mass is 79.9. The second-order valence-corrected chi connectivity index (χ2v) is 7.11. The van der Waals surface area contributed by atoms with Gasteiger partial charge in [-0.3, -0.25) is 0 Å². The molecule has 102 valence electrons. The number of nitrogens with one attached hydrogen (secondary N) is 1. The number of halogens is 2. The average Bonchev–Trinajstić information content (AvgIpc) is 2.33. The predicted octanol–water partition coefficient (Wildman–Crippen LogP) is 4.45. The summed E-state index contributed by atoms with van der Waals surface area (Å²) < 4.78 is 7.47. The molecule has 1 aromatic rings. The summed E-state index contributed by atoms with van der Waals surface area (Å²) in [6.45, 7) is 5.21. The summed E-state index contributed by atoms with van der Waals surface area (Å²) in [6, 6.07) is 4.59. The van der Waals surface area contributed by atoms with Crippen LogP contribution in [0, 0.1) is 0 Å². The zero-order chi connectivity index (χ0) is 13.5. The van der Waals surface area contributed by atoms with Gasteiger partial charge >= 0.3 is 0 Å². The molecule has 18 heavy (non-hydrogen) atoms. The molecule has 0 spiro atoms. The van der Waals surface area contributed by atoms with Gasteiger partial charge in [-0.15, -0.1) is 0 Å². The summed E-state index contributed by atoms with van der Waals surface area (Å²) >= 11 is 8.98. The lowest BCUT2D eigenvalue weighted by atomic mass is 10.2. The number of thioether (sulfide) groups is 1. The monoisotopic (exact) mass is 395 g/mol. The smallest absolute Gasteiger partial charge is 0.137 e. The minimum Gasteiger partial charge on any atom is -0.495 e. The lowest BCUT2D eigenvalue weighted by molar-refractivity contribution is 0.404. The molecular weight excluding hydrogens is 378 g/mol. The second-order valence-electron chi connectivity index (χ2n) is 4.02. The van der Waals surface area contributed by atoms with Gasteiger partial charge in [0.25, 0.3) is 0 Å². The Hall–Kier alpha value is 0.290. The standard InChI is InChI=1S/C13H19Br2NOS/c1-4-18-8-9(2)16-7-10-5-11(14)6-12(15)13(10)17-3/h5-6,9,16H,4,7-8H2,1-3H3. The van der Waals surface area contributed by atoms with E-state index < -0.39 is 0 Å². The summed E-state index contributed by atoms with van der Waals surface area (Å²) in [5.41, 5.74) is 1.16. The van der Waals surface area contributed by atoms with Gasteiger partial charge in [0, 0.05) is 28.4 Å². The van der Waals surface area contributed by atoms with E-state index in [-0.39, 0.29) is 0 Å². The molecule has 0 aliphatic carbocycles. The van der Waals surface area contributed by atoms with Gasteiger partial charge in [-0.05, 0) is 40.7 Å². The first-order valence-corrected chi connectivity index (χ1v) is 8.65. The topological polar surface area (TPSA) is 21.3 Å². The molecule has 0 aliphatic rings. The van der Waals surface area contributed by atoms with Crippen LogP contribution in [0.3, 0.4) is 0 Å². The molecule has 0 saturated carbocycles. The van der Waals surface area contributed by atoms with Crippen LogP contribution in [-0.2, 0) is 6.54 Å². The Labute approximate surface area is 131 Å². The molecule has 1 aromatic carbocycles. The van der Waals surface area contributed by atoms with Crippen LogP contribution in [-0.4, -0.2) is 24.7 Å². The van der Waals surface area contributed by atoms with Crippen molar-refractivity contribution >= 4 is 43.6 Å². The molecule has 1 atom stereocenters. The first-order valence-electron chi connectivity index (χ1n) is 5.91. The fourth-order valence-electron chi connectivity index (χ4n) is 1.61. The Kier molecular flexibility index (Phi) is 7.68. The maximum atomic E-state index is 5.43. The Balaban J connectivity index is 2.66. The molecule has 0 aliphatic heterocycles. The van der Waals surface area contributed by atoms with E-state index in [0.717, 1.165) is 38.3 Å². The van der Waals surface area contributed by atoms with Gasteiger partial charge in [0.2, 0.25) is 0 Å². The van der Waals surface area contributed by atoms with Crippen molar-refractivity contribution < 1.29 is 4.74 Å². The van der Waals surface area contributed by atoms with E-state index in [1.807, 2.05) is 17.8 Å². The third-order valence-electron chi connectivity index (χ3n) is 2.50. The molecule has 0 aromatic heterocycles. The first kappa shape index (κ1) is 16.3. The van der Waals surface area contributed by atoms with E-state index in [0.29, 0.717) is 6.04 Å². The van der Waals surface area contributed by atoms with Crippen molar-refractivity contribution in [2.75, 3.05) is 18.6 Å². The molecule has 0 bridgehead atoms. The average molecular weight is 397 g/mol. The van der Waals surface area contributed by atoms with Crippen LogP contribution in [0.5, 0.6) is 5.75 Å². The lowest BCUT2D eigenvalue weighted by Crippen LogP contribution is -2.28. The Morgan fingerprint density at radius 1 is 1.39 bits per heavy atom.